The highest BCUT2D eigenvalue weighted by Crippen LogP contribution is 2.17. The molecule has 0 aliphatic heterocycles. The summed E-state index contributed by atoms with van der Waals surface area (Å²) < 4.78 is 40.1. The monoisotopic (exact) mass is 274 g/mol. The predicted molar refractivity (Wildman–Crippen MR) is 69.2 cm³/mol. The van der Waals surface area contributed by atoms with Gasteiger partial charge in [0.05, 0.1) is 0 Å². The summed E-state index contributed by atoms with van der Waals surface area (Å²) in [5, 5.41) is 2.90. The molecule has 0 heterocycles. The first-order valence-corrected chi connectivity index (χ1v) is 7.34. The SMILES string of the molecule is CCC(C)NS(=O)(=O)c1cc(CNC)ccc1F. The zero-order chi connectivity index (χ0) is 13.8. The van der Waals surface area contributed by atoms with Crippen molar-refractivity contribution in [2.45, 2.75) is 37.8 Å². The van der Waals surface area contributed by atoms with Crippen molar-refractivity contribution in [1.82, 2.24) is 10.0 Å². The van der Waals surface area contributed by atoms with Gasteiger partial charge in [0, 0.05) is 12.6 Å². The van der Waals surface area contributed by atoms with Gasteiger partial charge in [0.1, 0.15) is 10.7 Å². The molecule has 4 nitrogen and oxygen atoms in total. The molecule has 102 valence electrons. The number of halogens is 1. The quantitative estimate of drug-likeness (QED) is 0.829. The minimum absolute atomic E-state index is 0.220. The van der Waals surface area contributed by atoms with Crippen LogP contribution in [0.3, 0.4) is 0 Å². The van der Waals surface area contributed by atoms with Crippen molar-refractivity contribution < 1.29 is 12.8 Å². The molecule has 0 aliphatic rings. The second-order valence-electron chi connectivity index (χ2n) is 4.23. The van der Waals surface area contributed by atoms with Crippen LogP contribution in [0.25, 0.3) is 0 Å². The maximum atomic E-state index is 13.6. The highest BCUT2D eigenvalue weighted by Gasteiger charge is 2.21. The van der Waals surface area contributed by atoms with Crippen molar-refractivity contribution in [2.75, 3.05) is 7.05 Å². The lowest BCUT2D eigenvalue weighted by Gasteiger charge is -2.13. The molecule has 1 aromatic carbocycles. The van der Waals surface area contributed by atoms with Crippen molar-refractivity contribution in [2.24, 2.45) is 0 Å². The van der Waals surface area contributed by atoms with E-state index >= 15 is 0 Å². The summed E-state index contributed by atoms with van der Waals surface area (Å²) in [6, 6.07) is 3.88. The van der Waals surface area contributed by atoms with Gasteiger partial charge in [-0.05, 0) is 38.1 Å². The molecule has 0 saturated carbocycles. The summed E-state index contributed by atoms with van der Waals surface area (Å²) in [6.45, 7) is 4.10. The lowest BCUT2D eigenvalue weighted by molar-refractivity contribution is 0.538. The van der Waals surface area contributed by atoms with Crippen LogP contribution < -0.4 is 10.0 Å². The van der Waals surface area contributed by atoms with Gasteiger partial charge in [-0.15, -0.1) is 0 Å². The Bertz CT molecular complexity index is 503. The molecule has 2 N–H and O–H groups in total. The third kappa shape index (κ3) is 3.76. The van der Waals surface area contributed by atoms with Gasteiger partial charge in [-0.3, -0.25) is 0 Å². The number of hydrogen-bond donors (Lipinski definition) is 2. The van der Waals surface area contributed by atoms with Crippen LogP contribution in [-0.2, 0) is 16.6 Å². The molecule has 1 unspecified atom stereocenters. The molecule has 0 spiro atoms. The fourth-order valence-corrected chi connectivity index (χ4v) is 2.93. The third-order valence-electron chi connectivity index (χ3n) is 2.63. The molecule has 0 aromatic heterocycles. The summed E-state index contributed by atoms with van der Waals surface area (Å²) in [5.41, 5.74) is 0.725. The van der Waals surface area contributed by atoms with E-state index in [1.807, 2.05) is 6.92 Å². The van der Waals surface area contributed by atoms with Crippen LogP contribution in [0.4, 0.5) is 4.39 Å². The first-order chi connectivity index (χ1) is 8.40. The third-order valence-corrected chi connectivity index (χ3v) is 4.24. The maximum Gasteiger partial charge on any atom is 0.243 e. The van der Waals surface area contributed by atoms with Crippen LogP contribution in [0.15, 0.2) is 23.1 Å². The van der Waals surface area contributed by atoms with Gasteiger partial charge < -0.3 is 5.32 Å². The highest BCUT2D eigenvalue weighted by molar-refractivity contribution is 7.89. The van der Waals surface area contributed by atoms with Crippen LogP contribution in [0.1, 0.15) is 25.8 Å². The van der Waals surface area contributed by atoms with Crippen molar-refractivity contribution in [3.05, 3.63) is 29.6 Å². The van der Waals surface area contributed by atoms with E-state index in [0.29, 0.717) is 13.0 Å². The topological polar surface area (TPSA) is 58.2 Å². The lowest BCUT2D eigenvalue weighted by Crippen LogP contribution is -2.32. The zero-order valence-corrected chi connectivity index (χ0v) is 11.6. The first-order valence-electron chi connectivity index (χ1n) is 5.86. The van der Waals surface area contributed by atoms with Crippen LogP contribution >= 0.6 is 0 Å². The fourth-order valence-electron chi connectivity index (χ4n) is 1.48. The molecule has 0 amide bonds. The van der Waals surface area contributed by atoms with Crippen molar-refractivity contribution in [3.63, 3.8) is 0 Å². The van der Waals surface area contributed by atoms with Crippen LogP contribution in [0.5, 0.6) is 0 Å². The van der Waals surface area contributed by atoms with Crippen molar-refractivity contribution in [3.8, 4) is 0 Å². The van der Waals surface area contributed by atoms with Crippen molar-refractivity contribution in [1.29, 1.82) is 0 Å². The molecule has 6 heteroatoms. The summed E-state index contributed by atoms with van der Waals surface area (Å²) in [7, 11) is -2.05. The van der Waals surface area contributed by atoms with Gasteiger partial charge in [-0.1, -0.05) is 13.0 Å². The Balaban J connectivity index is 3.10. The van der Waals surface area contributed by atoms with Crippen LogP contribution in [-0.4, -0.2) is 21.5 Å². The van der Waals surface area contributed by atoms with E-state index in [-0.39, 0.29) is 10.9 Å². The zero-order valence-electron chi connectivity index (χ0n) is 10.8. The minimum Gasteiger partial charge on any atom is -0.316 e. The standard InChI is InChI=1S/C12H19FN2O2S/c1-4-9(2)15-18(16,17)12-7-10(8-14-3)5-6-11(12)13/h5-7,9,14-15H,4,8H2,1-3H3. The Morgan fingerprint density at radius 3 is 2.61 bits per heavy atom. The fraction of sp³-hybridized carbons (Fsp3) is 0.500. The van der Waals surface area contributed by atoms with E-state index < -0.39 is 15.8 Å². The number of hydrogen-bond acceptors (Lipinski definition) is 3. The summed E-state index contributed by atoms with van der Waals surface area (Å²) in [5.74, 6) is -0.731. The van der Waals surface area contributed by atoms with Crippen LogP contribution in [0.2, 0.25) is 0 Å². The molecule has 0 aliphatic carbocycles. The Morgan fingerprint density at radius 1 is 1.39 bits per heavy atom. The van der Waals surface area contributed by atoms with Gasteiger partial charge in [-0.25, -0.2) is 17.5 Å². The lowest BCUT2D eigenvalue weighted by atomic mass is 10.2. The second kappa shape index (κ2) is 6.26. The van der Waals surface area contributed by atoms with Gasteiger partial charge in [0.15, 0.2) is 0 Å². The van der Waals surface area contributed by atoms with E-state index in [1.165, 1.54) is 12.1 Å². The Morgan fingerprint density at radius 2 is 2.06 bits per heavy atom. The molecule has 18 heavy (non-hydrogen) atoms. The largest absolute Gasteiger partial charge is 0.316 e. The number of rotatable bonds is 6. The molecule has 1 aromatic rings. The Hall–Kier alpha value is -0.980. The molecular formula is C12H19FN2O2S. The van der Waals surface area contributed by atoms with E-state index in [1.54, 1.807) is 20.0 Å². The molecule has 1 atom stereocenters. The predicted octanol–water partition coefficient (Wildman–Crippen LogP) is 1.62. The number of nitrogens with one attached hydrogen (secondary N) is 2. The van der Waals surface area contributed by atoms with Gasteiger partial charge >= 0.3 is 0 Å². The maximum absolute atomic E-state index is 13.6. The molecular weight excluding hydrogens is 255 g/mol. The second-order valence-corrected chi connectivity index (χ2v) is 5.91. The summed E-state index contributed by atoms with van der Waals surface area (Å²) in [4.78, 5) is -0.296. The minimum atomic E-state index is -3.80. The molecule has 0 radical (unpaired) electrons. The Kier molecular flexibility index (Phi) is 5.25. The van der Waals surface area contributed by atoms with Gasteiger partial charge in [-0.2, -0.15) is 0 Å². The normalized spacial score (nSPS) is 13.6. The first kappa shape index (κ1) is 15.1. The van der Waals surface area contributed by atoms with Crippen LogP contribution in [0, 0.1) is 5.82 Å². The number of benzene rings is 1. The van der Waals surface area contributed by atoms with E-state index in [0.717, 1.165) is 5.56 Å². The van der Waals surface area contributed by atoms with E-state index in [4.69, 9.17) is 0 Å². The summed E-state index contributed by atoms with van der Waals surface area (Å²) >= 11 is 0. The Labute approximate surface area is 108 Å². The van der Waals surface area contributed by atoms with Gasteiger partial charge in [0.2, 0.25) is 10.0 Å². The molecule has 1 rings (SSSR count). The average Bonchev–Trinajstić information content (AvgIpc) is 2.31. The average molecular weight is 274 g/mol. The van der Waals surface area contributed by atoms with E-state index in [2.05, 4.69) is 10.0 Å². The molecule has 0 fully saturated rings. The molecule has 0 saturated heterocycles. The highest BCUT2D eigenvalue weighted by atomic mass is 32.2. The summed E-state index contributed by atoms with van der Waals surface area (Å²) in [6.07, 6.45) is 0.650. The van der Waals surface area contributed by atoms with E-state index in [9.17, 15) is 12.8 Å². The van der Waals surface area contributed by atoms with Crippen molar-refractivity contribution >= 4 is 10.0 Å². The smallest absolute Gasteiger partial charge is 0.243 e. The van der Waals surface area contributed by atoms with Gasteiger partial charge in [0.25, 0.3) is 0 Å². The molecule has 0 bridgehead atoms. The number of sulfonamides is 1.